The number of para-hydroxylation sites is 1. The number of hydrogen-bond acceptors (Lipinski definition) is 6. The lowest BCUT2D eigenvalue weighted by molar-refractivity contribution is 0.0981. The van der Waals surface area contributed by atoms with E-state index in [4.69, 9.17) is 14.5 Å². The molecule has 6 nitrogen and oxygen atoms in total. The van der Waals surface area contributed by atoms with Gasteiger partial charge in [-0.15, -0.1) is 0 Å². The number of anilines is 1. The van der Waals surface area contributed by atoms with Gasteiger partial charge in [-0.1, -0.05) is 29.5 Å². The van der Waals surface area contributed by atoms with Crippen LogP contribution in [0.3, 0.4) is 0 Å². The molecule has 0 atom stereocenters. The van der Waals surface area contributed by atoms with E-state index in [0.29, 0.717) is 28.7 Å². The van der Waals surface area contributed by atoms with E-state index in [2.05, 4.69) is 18.0 Å². The molecule has 2 aromatic carbocycles. The lowest BCUT2D eigenvalue weighted by Gasteiger charge is -2.21. The Hall–Kier alpha value is -3.45. The molecule has 0 saturated heterocycles. The highest BCUT2D eigenvalue weighted by molar-refractivity contribution is 7.22. The summed E-state index contributed by atoms with van der Waals surface area (Å²) in [6, 6.07) is 13.3. The maximum Gasteiger partial charge on any atom is 0.264 e. The summed E-state index contributed by atoms with van der Waals surface area (Å²) in [5.74, 6) is 0.692. The minimum atomic E-state index is -0.215. The zero-order chi connectivity index (χ0) is 22.0. The molecule has 0 aliphatic heterocycles. The first-order chi connectivity index (χ1) is 15.0. The molecule has 0 unspecified atom stereocenters. The molecule has 0 radical (unpaired) electrons. The van der Waals surface area contributed by atoms with E-state index in [-0.39, 0.29) is 5.91 Å². The van der Waals surface area contributed by atoms with Crippen molar-refractivity contribution in [1.82, 2.24) is 9.97 Å². The number of ether oxygens (including phenoxy) is 2. The molecule has 158 valence electrons. The molecule has 0 fully saturated rings. The zero-order valence-corrected chi connectivity index (χ0v) is 18.7. The molecule has 0 aliphatic rings. The quantitative estimate of drug-likeness (QED) is 0.420. The third-order valence-electron chi connectivity index (χ3n) is 4.98. The second-order valence-corrected chi connectivity index (χ2v) is 8.20. The first-order valence-electron chi connectivity index (χ1n) is 9.81. The number of methoxy groups -OCH3 is 2. The average Bonchev–Trinajstić information content (AvgIpc) is 3.21. The molecule has 31 heavy (non-hydrogen) atoms. The first kappa shape index (κ1) is 20.8. The number of aromatic nitrogens is 2. The van der Waals surface area contributed by atoms with Crippen molar-refractivity contribution in [3.05, 3.63) is 77.1 Å². The van der Waals surface area contributed by atoms with E-state index in [1.54, 1.807) is 42.6 Å². The Morgan fingerprint density at radius 2 is 1.94 bits per heavy atom. The van der Waals surface area contributed by atoms with Gasteiger partial charge < -0.3 is 9.47 Å². The number of fused-ring (bicyclic) bond motifs is 1. The molecule has 2 heterocycles. The van der Waals surface area contributed by atoms with Crippen LogP contribution in [0, 0.1) is 13.8 Å². The molecule has 0 aliphatic carbocycles. The summed E-state index contributed by atoms with van der Waals surface area (Å²) in [7, 11) is 3.09. The SMILES string of the molecule is COc1cccc(C(=O)N(Cc2cccnc2)c2nc3cc(C)cc(C)c3s2)c1OC. The molecule has 2 aromatic heterocycles. The van der Waals surface area contributed by atoms with Gasteiger partial charge in [0.25, 0.3) is 5.91 Å². The number of rotatable bonds is 6. The summed E-state index contributed by atoms with van der Waals surface area (Å²) in [6.07, 6.45) is 3.47. The summed E-state index contributed by atoms with van der Waals surface area (Å²) in [5, 5.41) is 0.627. The third kappa shape index (κ3) is 4.09. The predicted molar refractivity (Wildman–Crippen MR) is 123 cm³/mol. The Morgan fingerprint density at radius 3 is 2.65 bits per heavy atom. The van der Waals surface area contributed by atoms with Crippen molar-refractivity contribution in [3.63, 3.8) is 0 Å². The summed E-state index contributed by atoms with van der Waals surface area (Å²) in [6.45, 7) is 4.45. The molecule has 0 spiro atoms. The smallest absolute Gasteiger partial charge is 0.264 e. The van der Waals surface area contributed by atoms with Crippen molar-refractivity contribution in [1.29, 1.82) is 0 Å². The Balaban J connectivity index is 1.84. The minimum Gasteiger partial charge on any atom is -0.493 e. The summed E-state index contributed by atoms with van der Waals surface area (Å²) in [5.41, 5.74) is 4.50. The van der Waals surface area contributed by atoms with Crippen molar-refractivity contribution in [2.45, 2.75) is 20.4 Å². The van der Waals surface area contributed by atoms with Crippen LogP contribution < -0.4 is 14.4 Å². The van der Waals surface area contributed by atoms with E-state index in [0.717, 1.165) is 26.9 Å². The second-order valence-electron chi connectivity index (χ2n) is 7.22. The number of carbonyl (C=O) groups is 1. The van der Waals surface area contributed by atoms with Crippen LogP contribution >= 0.6 is 11.3 Å². The number of benzene rings is 2. The number of aryl methyl sites for hydroxylation is 2. The van der Waals surface area contributed by atoms with Crippen LogP contribution in [0.4, 0.5) is 5.13 Å². The monoisotopic (exact) mass is 433 g/mol. The maximum absolute atomic E-state index is 13.8. The predicted octanol–water partition coefficient (Wildman–Crippen LogP) is 5.17. The van der Waals surface area contributed by atoms with Gasteiger partial charge in [-0.05, 0) is 54.8 Å². The first-order valence-corrected chi connectivity index (χ1v) is 10.6. The highest BCUT2D eigenvalue weighted by Crippen LogP contribution is 2.36. The maximum atomic E-state index is 13.8. The Kier molecular flexibility index (Phi) is 5.86. The van der Waals surface area contributed by atoms with Crippen LogP contribution in [-0.2, 0) is 6.54 Å². The molecule has 0 saturated carbocycles. The lowest BCUT2D eigenvalue weighted by atomic mass is 10.1. The number of carbonyl (C=O) groups excluding carboxylic acids is 1. The Morgan fingerprint density at radius 1 is 1.10 bits per heavy atom. The number of thiazole rings is 1. The van der Waals surface area contributed by atoms with E-state index in [9.17, 15) is 4.79 Å². The van der Waals surface area contributed by atoms with Crippen molar-refractivity contribution in [2.24, 2.45) is 0 Å². The van der Waals surface area contributed by atoms with E-state index < -0.39 is 0 Å². The number of pyridine rings is 1. The van der Waals surface area contributed by atoms with Gasteiger partial charge in [0, 0.05) is 12.4 Å². The van der Waals surface area contributed by atoms with Gasteiger partial charge in [-0.3, -0.25) is 14.7 Å². The number of hydrogen-bond donors (Lipinski definition) is 0. The van der Waals surface area contributed by atoms with Crippen LogP contribution in [0.5, 0.6) is 11.5 Å². The van der Waals surface area contributed by atoms with Crippen LogP contribution in [0.15, 0.2) is 54.9 Å². The van der Waals surface area contributed by atoms with Gasteiger partial charge in [0.1, 0.15) is 0 Å². The number of nitrogens with zero attached hydrogens (tertiary/aromatic N) is 3. The van der Waals surface area contributed by atoms with E-state index in [1.165, 1.54) is 18.4 Å². The molecule has 0 bridgehead atoms. The van der Waals surface area contributed by atoms with Crippen molar-refractivity contribution in [3.8, 4) is 11.5 Å². The van der Waals surface area contributed by atoms with Crippen molar-refractivity contribution < 1.29 is 14.3 Å². The third-order valence-corrected chi connectivity index (χ3v) is 6.21. The molecular weight excluding hydrogens is 410 g/mol. The van der Waals surface area contributed by atoms with E-state index in [1.807, 2.05) is 25.1 Å². The van der Waals surface area contributed by atoms with Gasteiger partial charge in [-0.2, -0.15) is 0 Å². The van der Waals surface area contributed by atoms with Crippen LogP contribution in [-0.4, -0.2) is 30.1 Å². The van der Waals surface area contributed by atoms with Crippen LogP contribution in [0.2, 0.25) is 0 Å². The standard InChI is InChI=1S/C24H23N3O3S/c1-15-11-16(2)22-19(12-15)26-24(31-22)27(14-17-7-6-10-25-13-17)23(28)18-8-5-9-20(29-3)21(18)30-4/h5-13H,14H2,1-4H3. The van der Waals surface area contributed by atoms with Gasteiger partial charge >= 0.3 is 0 Å². The second kappa shape index (κ2) is 8.73. The molecule has 0 N–H and O–H groups in total. The number of amides is 1. The molecule has 4 rings (SSSR count). The van der Waals surface area contributed by atoms with Crippen LogP contribution in [0.25, 0.3) is 10.2 Å². The van der Waals surface area contributed by atoms with Gasteiger partial charge in [-0.25, -0.2) is 4.98 Å². The van der Waals surface area contributed by atoms with Gasteiger partial charge in [0.15, 0.2) is 16.6 Å². The highest BCUT2D eigenvalue weighted by atomic mass is 32.1. The van der Waals surface area contributed by atoms with E-state index >= 15 is 0 Å². The Labute approximate surface area is 185 Å². The largest absolute Gasteiger partial charge is 0.493 e. The molecule has 4 aromatic rings. The summed E-state index contributed by atoms with van der Waals surface area (Å²) in [4.78, 5) is 24.4. The fourth-order valence-corrected chi connectivity index (χ4v) is 4.60. The Bertz CT molecular complexity index is 1240. The highest BCUT2D eigenvalue weighted by Gasteiger charge is 2.26. The van der Waals surface area contributed by atoms with Gasteiger partial charge in [0.2, 0.25) is 0 Å². The van der Waals surface area contributed by atoms with Crippen molar-refractivity contribution >= 4 is 32.6 Å². The average molecular weight is 434 g/mol. The van der Waals surface area contributed by atoms with Crippen molar-refractivity contribution in [2.75, 3.05) is 19.1 Å². The topological polar surface area (TPSA) is 64.5 Å². The molecular formula is C24H23N3O3S. The van der Waals surface area contributed by atoms with Crippen LogP contribution in [0.1, 0.15) is 27.0 Å². The molecule has 1 amide bonds. The minimum absolute atomic E-state index is 0.215. The zero-order valence-electron chi connectivity index (χ0n) is 17.9. The summed E-state index contributed by atoms with van der Waals surface area (Å²) >= 11 is 1.51. The molecule has 7 heteroatoms. The van der Waals surface area contributed by atoms with Gasteiger partial charge in [0.05, 0.1) is 36.5 Å². The summed E-state index contributed by atoms with van der Waals surface area (Å²) < 4.78 is 12.0. The fraction of sp³-hybridized carbons (Fsp3) is 0.208. The normalized spacial score (nSPS) is 10.8. The fourth-order valence-electron chi connectivity index (χ4n) is 3.58. The lowest BCUT2D eigenvalue weighted by Crippen LogP contribution is -2.30.